The van der Waals surface area contributed by atoms with Gasteiger partial charge in [-0.1, -0.05) is 0 Å². The van der Waals surface area contributed by atoms with E-state index in [9.17, 15) is 0 Å². The first-order chi connectivity index (χ1) is 6.47. The van der Waals surface area contributed by atoms with Crippen LogP contribution >= 0.6 is 0 Å². The molecule has 0 amide bonds. The fourth-order valence-corrected chi connectivity index (χ4v) is 1.33. The van der Waals surface area contributed by atoms with Gasteiger partial charge < -0.3 is 15.6 Å². The molecule has 1 aromatic heterocycles. The fraction of sp³-hybridized carbons (Fsp3) is 0.636. The van der Waals surface area contributed by atoms with Crippen molar-refractivity contribution in [1.82, 2.24) is 9.88 Å². The lowest BCUT2D eigenvalue weighted by molar-refractivity contribution is 0.289. The van der Waals surface area contributed by atoms with Crippen LogP contribution in [0.25, 0.3) is 0 Å². The van der Waals surface area contributed by atoms with Crippen LogP contribution in [0.15, 0.2) is 18.5 Å². The molecule has 0 aromatic carbocycles. The first kappa shape index (κ1) is 11.3. The van der Waals surface area contributed by atoms with Gasteiger partial charge in [-0.2, -0.15) is 0 Å². The number of H-pyrrole nitrogens is 1. The average Bonchev–Trinajstić information content (AvgIpc) is 2.52. The molecule has 1 aromatic rings. The van der Waals surface area contributed by atoms with Crippen LogP contribution in [0.4, 0.5) is 0 Å². The largest absolute Gasteiger partial charge is 0.367 e. The predicted molar refractivity (Wildman–Crippen MR) is 60.0 cm³/mol. The van der Waals surface area contributed by atoms with Crippen LogP contribution in [-0.2, 0) is 6.54 Å². The Hall–Kier alpha value is -0.800. The summed E-state index contributed by atoms with van der Waals surface area (Å²) in [6.45, 7) is 6.16. The predicted octanol–water partition coefficient (Wildman–Crippen LogP) is 1.57. The number of aromatic amines is 1. The van der Waals surface area contributed by atoms with E-state index in [2.05, 4.69) is 36.8 Å². The summed E-state index contributed by atoms with van der Waals surface area (Å²) in [4.78, 5) is 5.35. The van der Waals surface area contributed by atoms with Gasteiger partial charge in [-0.15, -0.1) is 0 Å². The molecular weight excluding hydrogens is 174 g/mol. The van der Waals surface area contributed by atoms with Crippen LogP contribution in [0, 0.1) is 0 Å². The summed E-state index contributed by atoms with van der Waals surface area (Å²) in [5, 5.41) is 0. The monoisotopic (exact) mass is 195 g/mol. The quantitative estimate of drug-likeness (QED) is 0.749. The Bertz CT molecular complexity index is 246. The molecule has 3 N–H and O–H groups in total. The standard InChI is InChI=1S/C11H21N3/c1-11(2,12)5-7-14(3)9-10-4-6-13-8-10/h4,6,8,13H,5,7,9,12H2,1-3H3. The van der Waals surface area contributed by atoms with Gasteiger partial charge in [0.2, 0.25) is 0 Å². The Balaban J connectivity index is 2.26. The maximum atomic E-state index is 5.92. The summed E-state index contributed by atoms with van der Waals surface area (Å²) in [5.41, 5.74) is 7.18. The molecule has 0 radical (unpaired) electrons. The molecule has 0 saturated heterocycles. The smallest absolute Gasteiger partial charge is 0.0245 e. The number of aromatic nitrogens is 1. The van der Waals surface area contributed by atoms with Crippen molar-refractivity contribution in [3.05, 3.63) is 24.0 Å². The van der Waals surface area contributed by atoms with E-state index in [1.54, 1.807) is 0 Å². The van der Waals surface area contributed by atoms with Gasteiger partial charge in [-0.05, 0) is 45.5 Å². The van der Waals surface area contributed by atoms with E-state index in [1.807, 2.05) is 12.4 Å². The molecule has 3 nitrogen and oxygen atoms in total. The molecule has 3 heteroatoms. The summed E-state index contributed by atoms with van der Waals surface area (Å²) in [6, 6.07) is 2.10. The Morgan fingerprint density at radius 2 is 2.21 bits per heavy atom. The molecule has 0 atom stereocenters. The third-order valence-electron chi connectivity index (χ3n) is 2.25. The van der Waals surface area contributed by atoms with Gasteiger partial charge in [-0.25, -0.2) is 0 Å². The molecule has 0 unspecified atom stereocenters. The highest BCUT2D eigenvalue weighted by Gasteiger charge is 2.11. The van der Waals surface area contributed by atoms with Gasteiger partial charge in [0.1, 0.15) is 0 Å². The summed E-state index contributed by atoms with van der Waals surface area (Å²) < 4.78 is 0. The molecule has 80 valence electrons. The molecular formula is C11H21N3. The maximum Gasteiger partial charge on any atom is 0.0245 e. The van der Waals surface area contributed by atoms with Gasteiger partial charge in [0, 0.05) is 24.5 Å². The van der Waals surface area contributed by atoms with Gasteiger partial charge >= 0.3 is 0 Å². The van der Waals surface area contributed by atoms with E-state index >= 15 is 0 Å². The van der Waals surface area contributed by atoms with E-state index in [1.165, 1.54) is 5.56 Å². The normalized spacial score (nSPS) is 12.4. The highest BCUT2D eigenvalue weighted by atomic mass is 15.1. The van der Waals surface area contributed by atoms with Crippen molar-refractivity contribution in [2.24, 2.45) is 5.73 Å². The van der Waals surface area contributed by atoms with E-state index in [4.69, 9.17) is 5.73 Å². The Morgan fingerprint density at radius 3 is 2.71 bits per heavy atom. The molecule has 0 aliphatic heterocycles. The van der Waals surface area contributed by atoms with Crippen molar-refractivity contribution >= 4 is 0 Å². The Labute approximate surface area is 86.3 Å². The first-order valence-electron chi connectivity index (χ1n) is 5.06. The number of nitrogens with two attached hydrogens (primary N) is 1. The minimum absolute atomic E-state index is 0.0631. The lowest BCUT2D eigenvalue weighted by Gasteiger charge is -2.23. The number of hydrogen-bond acceptors (Lipinski definition) is 2. The van der Waals surface area contributed by atoms with E-state index < -0.39 is 0 Å². The van der Waals surface area contributed by atoms with E-state index in [-0.39, 0.29) is 5.54 Å². The van der Waals surface area contributed by atoms with Crippen LogP contribution in [0.3, 0.4) is 0 Å². The molecule has 14 heavy (non-hydrogen) atoms. The van der Waals surface area contributed by atoms with Gasteiger partial charge in [-0.3, -0.25) is 0 Å². The number of rotatable bonds is 5. The van der Waals surface area contributed by atoms with Crippen molar-refractivity contribution in [1.29, 1.82) is 0 Å². The van der Waals surface area contributed by atoms with Crippen LogP contribution in [0.2, 0.25) is 0 Å². The lowest BCUT2D eigenvalue weighted by Crippen LogP contribution is -2.36. The number of nitrogens with one attached hydrogen (secondary N) is 1. The SMILES string of the molecule is CN(CCC(C)(C)N)Cc1cc[nH]c1. The number of hydrogen-bond donors (Lipinski definition) is 2. The van der Waals surface area contributed by atoms with Crippen LogP contribution in [0.5, 0.6) is 0 Å². The zero-order chi connectivity index (χ0) is 10.6. The summed E-state index contributed by atoms with van der Waals surface area (Å²) in [6.07, 6.45) is 5.01. The third-order valence-corrected chi connectivity index (χ3v) is 2.25. The van der Waals surface area contributed by atoms with Crippen molar-refractivity contribution in [3.8, 4) is 0 Å². The highest BCUT2D eigenvalue weighted by molar-refractivity contribution is 5.07. The minimum Gasteiger partial charge on any atom is -0.367 e. The second-order valence-corrected chi connectivity index (χ2v) is 4.70. The summed E-state index contributed by atoms with van der Waals surface area (Å²) >= 11 is 0. The van der Waals surface area contributed by atoms with Crippen molar-refractivity contribution in [2.45, 2.75) is 32.4 Å². The molecule has 1 heterocycles. The van der Waals surface area contributed by atoms with Crippen molar-refractivity contribution < 1.29 is 0 Å². The fourth-order valence-electron chi connectivity index (χ4n) is 1.33. The second kappa shape index (κ2) is 4.62. The third kappa shape index (κ3) is 4.44. The van der Waals surface area contributed by atoms with Gasteiger partial charge in [0.25, 0.3) is 0 Å². The molecule has 0 bridgehead atoms. The topological polar surface area (TPSA) is 45.0 Å². The van der Waals surface area contributed by atoms with Gasteiger partial charge in [0.15, 0.2) is 0 Å². The van der Waals surface area contributed by atoms with E-state index in [0.717, 1.165) is 19.5 Å². The molecule has 0 aliphatic rings. The first-order valence-corrected chi connectivity index (χ1v) is 5.06. The second-order valence-electron chi connectivity index (χ2n) is 4.70. The molecule has 1 rings (SSSR count). The van der Waals surface area contributed by atoms with Crippen molar-refractivity contribution in [2.75, 3.05) is 13.6 Å². The highest BCUT2D eigenvalue weighted by Crippen LogP contribution is 2.07. The molecule has 0 fully saturated rings. The molecule has 0 aliphatic carbocycles. The van der Waals surface area contributed by atoms with Crippen molar-refractivity contribution in [3.63, 3.8) is 0 Å². The van der Waals surface area contributed by atoms with Crippen LogP contribution in [0.1, 0.15) is 25.8 Å². The van der Waals surface area contributed by atoms with E-state index in [0.29, 0.717) is 0 Å². The van der Waals surface area contributed by atoms with Crippen LogP contribution in [-0.4, -0.2) is 29.0 Å². The summed E-state index contributed by atoms with van der Waals surface area (Å²) in [5.74, 6) is 0. The van der Waals surface area contributed by atoms with Crippen LogP contribution < -0.4 is 5.73 Å². The lowest BCUT2D eigenvalue weighted by atomic mass is 10.0. The average molecular weight is 195 g/mol. The molecule has 0 saturated carbocycles. The zero-order valence-corrected chi connectivity index (χ0v) is 9.38. The molecule has 0 spiro atoms. The Kier molecular flexibility index (Phi) is 3.72. The van der Waals surface area contributed by atoms with Gasteiger partial charge in [0.05, 0.1) is 0 Å². The Morgan fingerprint density at radius 1 is 1.50 bits per heavy atom. The summed E-state index contributed by atoms with van der Waals surface area (Å²) in [7, 11) is 2.12. The number of nitrogens with zero attached hydrogens (tertiary/aromatic N) is 1. The minimum atomic E-state index is -0.0631. The maximum absolute atomic E-state index is 5.92. The zero-order valence-electron chi connectivity index (χ0n) is 9.38.